The second kappa shape index (κ2) is 6.04. The molecule has 0 aliphatic carbocycles. The van der Waals surface area contributed by atoms with Crippen molar-refractivity contribution in [3.8, 4) is 6.07 Å². The number of hydrogen-bond acceptors (Lipinski definition) is 6. The van der Waals surface area contributed by atoms with Gasteiger partial charge in [-0.15, -0.1) is 11.3 Å². The molecule has 0 saturated heterocycles. The van der Waals surface area contributed by atoms with E-state index >= 15 is 0 Å². The van der Waals surface area contributed by atoms with E-state index in [9.17, 15) is 4.79 Å². The molecule has 1 amide bonds. The van der Waals surface area contributed by atoms with E-state index in [1.54, 1.807) is 12.4 Å². The van der Waals surface area contributed by atoms with Crippen LogP contribution in [0.5, 0.6) is 0 Å². The lowest BCUT2D eigenvalue weighted by Gasteiger charge is -2.07. The molecule has 0 unspecified atom stereocenters. The Labute approximate surface area is 120 Å². The second-order valence-electron chi connectivity index (χ2n) is 3.95. The number of nitriles is 1. The number of amides is 1. The van der Waals surface area contributed by atoms with Gasteiger partial charge in [0.25, 0.3) is 5.91 Å². The van der Waals surface area contributed by atoms with E-state index in [2.05, 4.69) is 15.6 Å². The van der Waals surface area contributed by atoms with Gasteiger partial charge in [0.2, 0.25) is 0 Å². The van der Waals surface area contributed by atoms with Crippen molar-refractivity contribution in [3.63, 3.8) is 0 Å². The number of nitrogens with two attached hydrogens (primary N) is 1. The Morgan fingerprint density at radius 3 is 3.00 bits per heavy atom. The second-order valence-corrected chi connectivity index (χ2v) is 4.98. The molecule has 102 valence electrons. The molecule has 0 aromatic carbocycles. The molecular weight excluding hydrogens is 274 g/mol. The van der Waals surface area contributed by atoms with Gasteiger partial charge in [0.1, 0.15) is 15.9 Å². The number of nitrogen functional groups attached to an aromatic ring is 1. The summed E-state index contributed by atoms with van der Waals surface area (Å²) in [6.45, 7) is 0.503. The first-order chi connectivity index (χ1) is 9.67. The summed E-state index contributed by atoms with van der Waals surface area (Å²) in [5.74, 6) is -0.311. The fourth-order valence-corrected chi connectivity index (χ4v) is 2.60. The highest BCUT2D eigenvalue weighted by atomic mass is 32.1. The van der Waals surface area contributed by atoms with Gasteiger partial charge in [-0.3, -0.25) is 9.78 Å². The molecule has 2 rings (SSSR count). The van der Waals surface area contributed by atoms with Gasteiger partial charge in [-0.1, -0.05) is 6.07 Å². The van der Waals surface area contributed by atoms with Crippen LogP contribution < -0.4 is 16.4 Å². The highest BCUT2D eigenvalue weighted by molar-refractivity contribution is 7.17. The zero-order valence-corrected chi connectivity index (χ0v) is 11.6. The maximum atomic E-state index is 11.8. The van der Waals surface area contributed by atoms with Crippen molar-refractivity contribution >= 4 is 27.9 Å². The zero-order valence-electron chi connectivity index (χ0n) is 10.8. The van der Waals surface area contributed by atoms with Crippen LogP contribution in [-0.2, 0) is 6.54 Å². The van der Waals surface area contributed by atoms with Crippen LogP contribution in [0.25, 0.3) is 0 Å². The Balaban J connectivity index is 2.27. The van der Waals surface area contributed by atoms with Crippen LogP contribution in [0.15, 0.2) is 24.5 Å². The lowest BCUT2D eigenvalue weighted by Crippen LogP contribution is -2.20. The van der Waals surface area contributed by atoms with Gasteiger partial charge in [0.05, 0.1) is 11.3 Å². The number of carbonyl (C=O) groups excluding carboxylic acids is 1. The average Bonchev–Trinajstić information content (AvgIpc) is 2.81. The smallest absolute Gasteiger partial charge is 0.256 e. The molecule has 20 heavy (non-hydrogen) atoms. The summed E-state index contributed by atoms with van der Waals surface area (Å²) in [5, 5.41) is 15.2. The van der Waals surface area contributed by atoms with Gasteiger partial charge in [0.15, 0.2) is 0 Å². The molecule has 0 fully saturated rings. The van der Waals surface area contributed by atoms with E-state index in [1.165, 1.54) is 18.4 Å². The van der Waals surface area contributed by atoms with Crippen LogP contribution >= 0.6 is 11.3 Å². The molecular formula is C13H13N5OS. The van der Waals surface area contributed by atoms with Gasteiger partial charge < -0.3 is 16.4 Å². The predicted molar refractivity (Wildman–Crippen MR) is 78.4 cm³/mol. The third kappa shape index (κ3) is 2.70. The molecule has 0 spiro atoms. The number of nitrogens with one attached hydrogen (secondary N) is 2. The van der Waals surface area contributed by atoms with Crippen molar-refractivity contribution in [1.29, 1.82) is 5.26 Å². The van der Waals surface area contributed by atoms with E-state index in [0.717, 1.165) is 5.56 Å². The van der Waals surface area contributed by atoms with Crippen LogP contribution in [-0.4, -0.2) is 17.9 Å². The quantitative estimate of drug-likeness (QED) is 0.791. The normalized spacial score (nSPS) is 9.80. The van der Waals surface area contributed by atoms with Gasteiger partial charge in [0, 0.05) is 26.0 Å². The molecule has 2 aromatic rings. The lowest BCUT2D eigenvalue weighted by molar-refractivity contribution is 0.0965. The van der Waals surface area contributed by atoms with Crippen molar-refractivity contribution in [2.75, 3.05) is 18.1 Å². The van der Waals surface area contributed by atoms with E-state index in [-0.39, 0.29) is 11.6 Å². The molecule has 6 nitrogen and oxygen atoms in total. The molecule has 0 bridgehead atoms. The van der Waals surface area contributed by atoms with Crippen LogP contribution in [0.1, 0.15) is 20.8 Å². The minimum Gasteiger partial charge on any atom is -0.396 e. The van der Waals surface area contributed by atoms with Gasteiger partial charge in [-0.05, 0) is 11.6 Å². The zero-order chi connectivity index (χ0) is 14.5. The first-order valence-corrected chi connectivity index (χ1v) is 6.66. The predicted octanol–water partition coefficient (Wildman–Crippen LogP) is 1.57. The molecule has 2 heterocycles. The Bertz CT molecular complexity index is 659. The number of aromatic nitrogens is 1. The third-order valence-corrected chi connectivity index (χ3v) is 3.74. The Kier molecular flexibility index (Phi) is 4.17. The number of carbonyl (C=O) groups is 1. The number of rotatable bonds is 4. The fourth-order valence-electron chi connectivity index (χ4n) is 1.69. The Hall–Kier alpha value is -2.59. The fraction of sp³-hybridized carbons (Fsp3) is 0.154. The third-order valence-electron chi connectivity index (χ3n) is 2.68. The SMILES string of the molecule is CNC(=O)c1c(NCc2cccnc2)sc(C#N)c1N. The highest BCUT2D eigenvalue weighted by Gasteiger charge is 2.21. The van der Waals surface area contributed by atoms with Crippen LogP contribution in [0.4, 0.5) is 10.7 Å². The Morgan fingerprint density at radius 2 is 2.40 bits per heavy atom. The molecule has 0 radical (unpaired) electrons. The van der Waals surface area contributed by atoms with E-state index < -0.39 is 0 Å². The summed E-state index contributed by atoms with van der Waals surface area (Å²) in [6.07, 6.45) is 3.42. The van der Waals surface area contributed by atoms with Crippen molar-refractivity contribution < 1.29 is 4.79 Å². The van der Waals surface area contributed by atoms with E-state index in [4.69, 9.17) is 11.0 Å². The highest BCUT2D eigenvalue weighted by Crippen LogP contribution is 2.35. The van der Waals surface area contributed by atoms with Crippen molar-refractivity contribution in [2.24, 2.45) is 0 Å². The minimum atomic E-state index is -0.311. The minimum absolute atomic E-state index is 0.213. The summed E-state index contributed by atoms with van der Waals surface area (Å²) < 4.78 is 0. The number of hydrogen-bond donors (Lipinski definition) is 3. The van der Waals surface area contributed by atoms with Crippen LogP contribution in [0.3, 0.4) is 0 Å². The van der Waals surface area contributed by atoms with Gasteiger partial charge >= 0.3 is 0 Å². The van der Waals surface area contributed by atoms with Crippen molar-refractivity contribution in [2.45, 2.75) is 6.54 Å². The van der Waals surface area contributed by atoms with Gasteiger partial charge in [-0.2, -0.15) is 5.26 Å². The molecule has 0 aliphatic rings. The Morgan fingerprint density at radius 1 is 1.60 bits per heavy atom. The molecule has 0 atom stereocenters. The summed E-state index contributed by atoms with van der Waals surface area (Å²) in [5.41, 5.74) is 7.34. The number of thiophene rings is 1. The number of anilines is 2. The maximum Gasteiger partial charge on any atom is 0.256 e. The van der Waals surface area contributed by atoms with E-state index in [0.29, 0.717) is 22.0 Å². The summed E-state index contributed by atoms with van der Waals surface area (Å²) in [4.78, 5) is 16.2. The van der Waals surface area contributed by atoms with Crippen molar-refractivity contribution in [1.82, 2.24) is 10.3 Å². The first kappa shape index (κ1) is 13.8. The standard InChI is InChI=1S/C13H13N5OS/c1-16-12(19)10-11(15)9(5-14)20-13(10)18-7-8-3-2-4-17-6-8/h2-4,6,18H,7,15H2,1H3,(H,16,19). The summed E-state index contributed by atoms with van der Waals surface area (Å²) >= 11 is 1.17. The van der Waals surface area contributed by atoms with Crippen molar-refractivity contribution in [3.05, 3.63) is 40.5 Å². The molecule has 0 aliphatic heterocycles. The van der Waals surface area contributed by atoms with Crippen LogP contribution in [0, 0.1) is 11.3 Å². The topological polar surface area (TPSA) is 104 Å². The summed E-state index contributed by atoms with van der Waals surface area (Å²) in [7, 11) is 1.52. The molecule has 4 N–H and O–H groups in total. The first-order valence-electron chi connectivity index (χ1n) is 5.84. The number of nitrogens with zero attached hydrogens (tertiary/aromatic N) is 2. The molecule has 2 aromatic heterocycles. The number of pyridine rings is 1. The van der Waals surface area contributed by atoms with E-state index in [1.807, 2.05) is 18.2 Å². The average molecular weight is 287 g/mol. The largest absolute Gasteiger partial charge is 0.396 e. The molecule has 7 heteroatoms. The maximum absolute atomic E-state index is 11.8. The summed E-state index contributed by atoms with van der Waals surface area (Å²) in [6, 6.07) is 5.75. The van der Waals surface area contributed by atoms with Crippen LogP contribution in [0.2, 0.25) is 0 Å². The molecule has 0 saturated carbocycles. The lowest BCUT2D eigenvalue weighted by atomic mass is 10.2. The van der Waals surface area contributed by atoms with Gasteiger partial charge in [-0.25, -0.2) is 0 Å². The monoisotopic (exact) mass is 287 g/mol.